The molecule has 0 amide bonds. The summed E-state index contributed by atoms with van der Waals surface area (Å²) in [6, 6.07) is 3.30. The molecule has 0 aliphatic rings. The van der Waals surface area contributed by atoms with Crippen molar-refractivity contribution in [2.45, 2.75) is 6.92 Å². The molecular weight excluding hydrogens is 235 g/mol. The third-order valence-corrected chi connectivity index (χ3v) is 3.00. The van der Waals surface area contributed by atoms with Gasteiger partial charge in [0, 0.05) is 7.05 Å². The highest BCUT2D eigenvalue weighted by Gasteiger charge is 2.07. The molecule has 2 rings (SSSR count). The van der Waals surface area contributed by atoms with Gasteiger partial charge in [-0.15, -0.1) is 0 Å². The number of aromatic nitrogens is 2. The van der Waals surface area contributed by atoms with E-state index in [2.05, 4.69) is 4.98 Å². The van der Waals surface area contributed by atoms with E-state index in [1.807, 2.05) is 0 Å². The van der Waals surface area contributed by atoms with Gasteiger partial charge in [-0.05, 0) is 19.1 Å². The maximum absolute atomic E-state index is 11.6. The fraction of sp³-hybridized carbons (Fsp3) is 0.200. The predicted molar refractivity (Wildman–Crippen MR) is 61.7 cm³/mol. The standard InChI is InChI=1S/C10H8Cl2N2O/c1-5-10(15)14(2)9-4-7(12)6(11)3-8(9)13-5/h3-4H,1-2H3. The van der Waals surface area contributed by atoms with Crippen LogP contribution in [0.25, 0.3) is 11.0 Å². The van der Waals surface area contributed by atoms with Gasteiger partial charge in [-0.3, -0.25) is 4.79 Å². The summed E-state index contributed by atoms with van der Waals surface area (Å²) in [4.78, 5) is 15.8. The highest BCUT2D eigenvalue weighted by atomic mass is 35.5. The summed E-state index contributed by atoms with van der Waals surface area (Å²) in [5, 5.41) is 0.861. The van der Waals surface area contributed by atoms with E-state index in [0.717, 1.165) is 0 Å². The highest BCUT2D eigenvalue weighted by Crippen LogP contribution is 2.25. The van der Waals surface area contributed by atoms with Crippen LogP contribution in [0.15, 0.2) is 16.9 Å². The SMILES string of the molecule is Cc1nc2cc(Cl)c(Cl)cc2n(C)c1=O. The normalized spacial score (nSPS) is 10.9. The number of rotatable bonds is 0. The number of aryl methyl sites for hydroxylation is 2. The average Bonchev–Trinajstić information content (AvgIpc) is 2.19. The van der Waals surface area contributed by atoms with Gasteiger partial charge in [0.2, 0.25) is 0 Å². The van der Waals surface area contributed by atoms with Crippen molar-refractivity contribution in [3.63, 3.8) is 0 Å². The zero-order valence-electron chi connectivity index (χ0n) is 8.21. The Hall–Kier alpha value is -1.06. The van der Waals surface area contributed by atoms with E-state index in [4.69, 9.17) is 23.2 Å². The summed E-state index contributed by atoms with van der Waals surface area (Å²) in [6.07, 6.45) is 0. The van der Waals surface area contributed by atoms with Gasteiger partial charge < -0.3 is 4.57 Å². The number of hydrogen-bond acceptors (Lipinski definition) is 2. The van der Waals surface area contributed by atoms with Crippen LogP contribution in [0.2, 0.25) is 10.0 Å². The van der Waals surface area contributed by atoms with Crippen LogP contribution in [-0.2, 0) is 7.05 Å². The van der Waals surface area contributed by atoms with E-state index < -0.39 is 0 Å². The Balaban J connectivity index is 3.00. The van der Waals surface area contributed by atoms with Crippen LogP contribution in [0.4, 0.5) is 0 Å². The van der Waals surface area contributed by atoms with Gasteiger partial charge in [0.1, 0.15) is 5.69 Å². The Kier molecular flexibility index (Phi) is 2.44. The van der Waals surface area contributed by atoms with Crippen LogP contribution >= 0.6 is 23.2 Å². The van der Waals surface area contributed by atoms with Gasteiger partial charge in [-0.25, -0.2) is 4.98 Å². The van der Waals surface area contributed by atoms with Crippen molar-refractivity contribution in [3.8, 4) is 0 Å². The third-order valence-electron chi connectivity index (χ3n) is 2.28. The molecule has 78 valence electrons. The molecule has 0 aliphatic carbocycles. The van der Waals surface area contributed by atoms with Crippen molar-refractivity contribution in [2.24, 2.45) is 7.05 Å². The molecule has 0 unspecified atom stereocenters. The van der Waals surface area contributed by atoms with Crippen LogP contribution in [-0.4, -0.2) is 9.55 Å². The minimum absolute atomic E-state index is 0.124. The fourth-order valence-corrected chi connectivity index (χ4v) is 1.78. The van der Waals surface area contributed by atoms with E-state index in [9.17, 15) is 4.79 Å². The first-order valence-corrected chi connectivity index (χ1v) is 5.08. The summed E-state index contributed by atoms with van der Waals surface area (Å²) in [5.74, 6) is 0. The maximum atomic E-state index is 11.6. The molecule has 0 radical (unpaired) electrons. The molecule has 0 atom stereocenters. The maximum Gasteiger partial charge on any atom is 0.272 e. The van der Waals surface area contributed by atoms with E-state index in [1.54, 1.807) is 26.1 Å². The first-order valence-electron chi connectivity index (χ1n) is 4.33. The summed E-state index contributed by atoms with van der Waals surface area (Å²) in [6.45, 7) is 1.67. The Labute approximate surface area is 96.3 Å². The molecule has 1 heterocycles. The third kappa shape index (κ3) is 1.62. The fourth-order valence-electron chi connectivity index (χ4n) is 1.46. The van der Waals surface area contributed by atoms with Gasteiger partial charge >= 0.3 is 0 Å². The van der Waals surface area contributed by atoms with Gasteiger partial charge in [0.25, 0.3) is 5.56 Å². The minimum Gasteiger partial charge on any atom is -0.308 e. The second kappa shape index (κ2) is 3.51. The lowest BCUT2D eigenvalue weighted by atomic mass is 10.3. The molecule has 5 heteroatoms. The smallest absolute Gasteiger partial charge is 0.272 e. The van der Waals surface area contributed by atoms with Crippen LogP contribution in [0.1, 0.15) is 5.69 Å². The zero-order valence-corrected chi connectivity index (χ0v) is 9.73. The largest absolute Gasteiger partial charge is 0.308 e. The zero-order chi connectivity index (χ0) is 11.2. The average molecular weight is 243 g/mol. The number of benzene rings is 1. The lowest BCUT2D eigenvalue weighted by Gasteiger charge is -2.06. The summed E-state index contributed by atoms with van der Waals surface area (Å²) in [7, 11) is 1.68. The summed E-state index contributed by atoms with van der Waals surface area (Å²) >= 11 is 11.7. The number of hydrogen-bond donors (Lipinski definition) is 0. The second-order valence-electron chi connectivity index (χ2n) is 3.32. The molecular formula is C10H8Cl2N2O. The molecule has 0 saturated carbocycles. The van der Waals surface area contributed by atoms with E-state index in [-0.39, 0.29) is 5.56 Å². The second-order valence-corrected chi connectivity index (χ2v) is 4.13. The molecule has 0 saturated heterocycles. The summed E-state index contributed by atoms with van der Waals surface area (Å²) < 4.78 is 1.51. The molecule has 0 N–H and O–H groups in total. The van der Waals surface area contributed by atoms with Crippen molar-refractivity contribution in [2.75, 3.05) is 0 Å². The van der Waals surface area contributed by atoms with Crippen molar-refractivity contribution in [3.05, 3.63) is 38.2 Å². The molecule has 0 fully saturated rings. The first-order chi connectivity index (χ1) is 7.00. The lowest BCUT2D eigenvalue weighted by Crippen LogP contribution is -2.21. The van der Waals surface area contributed by atoms with Crippen molar-refractivity contribution in [1.82, 2.24) is 9.55 Å². The van der Waals surface area contributed by atoms with Crippen LogP contribution in [0.3, 0.4) is 0 Å². The molecule has 1 aromatic carbocycles. The molecule has 15 heavy (non-hydrogen) atoms. The van der Waals surface area contributed by atoms with Crippen LogP contribution in [0.5, 0.6) is 0 Å². The van der Waals surface area contributed by atoms with Crippen molar-refractivity contribution < 1.29 is 0 Å². The molecule has 0 spiro atoms. The molecule has 1 aromatic heterocycles. The molecule has 0 bridgehead atoms. The molecule has 3 nitrogen and oxygen atoms in total. The summed E-state index contributed by atoms with van der Waals surface area (Å²) in [5.41, 5.74) is 1.67. The van der Waals surface area contributed by atoms with Crippen LogP contribution in [0, 0.1) is 6.92 Å². The highest BCUT2D eigenvalue weighted by molar-refractivity contribution is 6.42. The van der Waals surface area contributed by atoms with E-state index in [1.165, 1.54) is 4.57 Å². The molecule has 0 aliphatic heterocycles. The van der Waals surface area contributed by atoms with Crippen molar-refractivity contribution >= 4 is 34.2 Å². The van der Waals surface area contributed by atoms with Crippen molar-refractivity contribution in [1.29, 1.82) is 0 Å². The number of halogens is 2. The topological polar surface area (TPSA) is 34.9 Å². The Morgan fingerprint density at radius 2 is 1.87 bits per heavy atom. The predicted octanol–water partition coefficient (Wildman–Crippen LogP) is 2.55. The quantitative estimate of drug-likeness (QED) is 0.712. The van der Waals surface area contributed by atoms with Gasteiger partial charge in [-0.1, -0.05) is 23.2 Å². The van der Waals surface area contributed by atoms with E-state index >= 15 is 0 Å². The van der Waals surface area contributed by atoms with E-state index in [0.29, 0.717) is 26.8 Å². The van der Waals surface area contributed by atoms with Gasteiger partial charge in [0.15, 0.2) is 0 Å². The monoisotopic (exact) mass is 242 g/mol. The first kappa shape index (κ1) is 10.5. The van der Waals surface area contributed by atoms with Crippen LogP contribution < -0.4 is 5.56 Å². The Bertz CT molecular complexity index is 604. The Morgan fingerprint density at radius 1 is 1.27 bits per heavy atom. The Morgan fingerprint density at radius 3 is 2.53 bits per heavy atom. The number of fused-ring (bicyclic) bond motifs is 1. The minimum atomic E-state index is -0.124. The number of nitrogens with zero attached hydrogens (tertiary/aromatic N) is 2. The van der Waals surface area contributed by atoms with Gasteiger partial charge in [-0.2, -0.15) is 0 Å². The van der Waals surface area contributed by atoms with Gasteiger partial charge in [0.05, 0.1) is 21.1 Å². The lowest BCUT2D eigenvalue weighted by molar-refractivity contribution is 0.872. The molecule has 2 aromatic rings.